The van der Waals surface area contributed by atoms with Gasteiger partial charge in [0.05, 0.1) is 11.9 Å². The summed E-state index contributed by atoms with van der Waals surface area (Å²) in [6.07, 6.45) is 0. The van der Waals surface area contributed by atoms with Crippen molar-refractivity contribution in [2.24, 2.45) is 0 Å². The molecule has 0 rings (SSSR count). The van der Waals surface area contributed by atoms with Crippen molar-refractivity contribution in [3.05, 3.63) is 0 Å². The number of carbonyl (C=O) groups is 2. The van der Waals surface area contributed by atoms with Gasteiger partial charge in [0, 0.05) is 0 Å². The minimum Gasteiger partial charge on any atom is -0.543 e. The second kappa shape index (κ2) is 3.64. The van der Waals surface area contributed by atoms with E-state index >= 15 is 0 Å². The molecule has 39 valence electrons. The maximum Gasteiger partial charge on any atom is 3.00 e. The Hall–Kier alpha value is -0.541. The van der Waals surface area contributed by atoms with Gasteiger partial charge in [-0.25, -0.2) is 0 Å². The normalized spacial score (nSPS) is 6.29. The molecule has 5 heteroatoms. The molecule has 0 saturated carbocycles. The van der Waals surface area contributed by atoms with Crippen LogP contribution in [-0.2, 0) is 26.7 Å². The van der Waals surface area contributed by atoms with E-state index in [-0.39, 0.29) is 17.1 Å². The van der Waals surface area contributed by atoms with Gasteiger partial charge in [0.25, 0.3) is 0 Å². The molecule has 0 bridgehead atoms. The van der Waals surface area contributed by atoms with E-state index in [0.29, 0.717) is 0 Å². The van der Waals surface area contributed by atoms with Crippen molar-refractivity contribution in [1.82, 2.24) is 0 Å². The quantitative estimate of drug-likeness (QED) is 0.260. The molecule has 4 nitrogen and oxygen atoms in total. The van der Waals surface area contributed by atoms with E-state index in [2.05, 4.69) is 0 Å². The molecule has 0 aliphatic rings. The number of aliphatic carboxylic acids is 2. The van der Waals surface area contributed by atoms with E-state index in [1.54, 1.807) is 0 Å². The smallest absolute Gasteiger partial charge is 0.543 e. The van der Waals surface area contributed by atoms with Crippen molar-refractivity contribution in [2.75, 3.05) is 0 Å². The van der Waals surface area contributed by atoms with Gasteiger partial charge < -0.3 is 19.8 Å². The summed E-state index contributed by atoms with van der Waals surface area (Å²) in [6.45, 7) is 0. The Morgan fingerprint density at radius 3 is 1.14 bits per heavy atom. The molecular formula is C2FeO4+. The molecule has 0 atom stereocenters. The summed E-state index contributed by atoms with van der Waals surface area (Å²) in [6, 6.07) is 0. The fraction of sp³-hybridized carbons (Fsp3) is 0. The second-order valence-electron chi connectivity index (χ2n) is 0.575. The monoisotopic (exact) mass is 144 g/mol. The average Bonchev–Trinajstić information content (AvgIpc) is 1.36. The van der Waals surface area contributed by atoms with Crippen LogP contribution in [0.1, 0.15) is 0 Å². The van der Waals surface area contributed by atoms with Gasteiger partial charge in [-0.3, -0.25) is 0 Å². The summed E-state index contributed by atoms with van der Waals surface area (Å²) in [5, 5.41) is 17.9. The van der Waals surface area contributed by atoms with Crippen LogP contribution in [0.3, 0.4) is 0 Å². The molecule has 0 aromatic rings. The van der Waals surface area contributed by atoms with Crippen molar-refractivity contribution >= 4 is 11.9 Å². The summed E-state index contributed by atoms with van der Waals surface area (Å²) in [5.74, 6) is -4.37. The van der Waals surface area contributed by atoms with Gasteiger partial charge in [-0.2, -0.15) is 0 Å². The van der Waals surface area contributed by atoms with Gasteiger partial charge >= 0.3 is 17.1 Å². The van der Waals surface area contributed by atoms with Crippen LogP contribution in [0.2, 0.25) is 0 Å². The minimum atomic E-state index is -2.19. The number of hydrogen-bond acceptors (Lipinski definition) is 4. The van der Waals surface area contributed by atoms with E-state index in [1.807, 2.05) is 0 Å². The van der Waals surface area contributed by atoms with Crippen LogP contribution in [0.5, 0.6) is 0 Å². The van der Waals surface area contributed by atoms with E-state index in [9.17, 15) is 0 Å². The first-order valence-electron chi connectivity index (χ1n) is 1.07. The Labute approximate surface area is 49.6 Å². The molecule has 0 aliphatic carbocycles. The van der Waals surface area contributed by atoms with E-state index in [4.69, 9.17) is 19.8 Å². The van der Waals surface area contributed by atoms with Crippen molar-refractivity contribution < 1.29 is 36.9 Å². The first-order valence-corrected chi connectivity index (χ1v) is 1.07. The molecule has 0 aromatic carbocycles. The number of carbonyl (C=O) groups excluding carboxylic acids is 2. The Morgan fingerprint density at radius 1 is 1.00 bits per heavy atom. The number of carboxylic acids is 2. The molecule has 0 spiro atoms. The van der Waals surface area contributed by atoms with E-state index < -0.39 is 11.9 Å². The first kappa shape index (κ1) is 9.68. The summed E-state index contributed by atoms with van der Waals surface area (Å²) < 4.78 is 0. The van der Waals surface area contributed by atoms with Gasteiger partial charge in [0.1, 0.15) is 0 Å². The fourth-order valence-corrected chi connectivity index (χ4v) is 0. The molecule has 0 heterocycles. The van der Waals surface area contributed by atoms with Gasteiger partial charge in [0.15, 0.2) is 0 Å². The third-order valence-corrected chi connectivity index (χ3v) is 0.167. The molecule has 0 aromatic heterocycles. The van der Waals surface area contributed by atoms with E-state index in [0.717, 1.165) is 0 Å². The first-order chi connectivity index (χ1) is 2.64. The average molecular weight is 144 g/mol. The molecule has 0 amide bonds. The number of hydrogen-bond donors (Lipinski definition) is 0. The van der Waals surface area contributed by atoms with Crippen molar-refractivity contribution in [3.63, 3.8) is 0 Å². The summed E-state index contributed by atoms with van der Waals surface area (Å²) >= 11 is 0. The van der Waals surface area contributed by atoms with Crippen LogP contribution in [0, 0.1) is 0 Å². The third-order valence-electron chi connectivity index (χ3n) is 0.167. The fourth-order valence-electron chi connectivity index (χ4n) is 0. The predicted octanol–water partition coefficient (Wildman–Crippen LogP) is -3.52. The molecule has 1 radical (unpaired) electrons. The zero-order valence-electron chi connectivity index (χ0n) is 2.99. The van der Waals surface area contributed by atoms with Crippen LogP contribution in [-0.4, -0.2) is 11.9 Å². The zero-order chi connectivity index (χ0) is 5.15. The van der Waals surface area contributed by atoms with Crippen LogP contribution in [0.4, 0.5) is 0 Å². The summed E-state index contributed by atoms with van der Waals surface area (Å²) in [7, 11) is 0. The standard InChI is InChI=1S/C2H2O4.Fe/c3-1(4)2(5)6;/h(H,3,4)(H,5,6);/q;+3/p-2. The molecular weight excluding hydrogens is 144 g/mol. The maximum absolute atomic E-state index is 8.93. The maximum atomic E-state index is 8.93. The molecule has 0 N–H and O–H groups in total. The Balaban J connectivity index is 0. The molecule has 0 aliphatic heterocycles. The van der Waals surface area contributed by atoms with Crippen LogP contribution >= 0.6 is 0 Å². The molecule has 0 unspecified atom stereocenters. The topological polar surface area (TPSA) is 80.3 Å². The largest absolute Gasteiger partial charge is 3.00 e. The summed E-state index contributed by atoms with van der Waals surface area (Å²) in [4.78, 5) is 17.9. The van der Waals surface area contributed by atoms with Crippen LogP contribution in [0.25, 0.3) is 0 Å². The third kappa shape index (κ3) is 5.46. The summed E-state index contributed by atoms with van der Waals surface area (Å²) in [5.41, 5.74) is 0. The van der Waals surface area contributed by atoms with Crippen LogP contribution in [0.15, 0.2) is 0 Å². The van der Waals surface area contributed by atoms with Gasteiger partial charge in [-0.05, 0) is 0 Å². The van der Waals surface area contributed by atoms with E-state index in [1.165, 1.54) is 0 Å². The van der Waals surface area contributed by atoms with Crippen molar-refractivity contribution in [2.45, 2.75) is 0 Å². The zero-order valence-corrected chi connectivity index (χ0v) is 4.09. The minimum absolute atomic E-state index is 0. The SMILES string of the molecule is O=C([O-])C(=O)[O-].[Fe+3]. The predicted molar refractivity (Wildman–Crippen MR) is 10.0 cm³/mol. The van der Waals surface area contributed by atoms with Crippen molar-refractivity contribution in [1.29, 1.82) is 0 Å². The second-order valence-corrected chi connectivity index (χ2v) is 0.575. The van der Waals surface area contributed by atoms with Gasteiger partial charge in [-0.15, -0.1) is 0 Å². The Morgan fingerprint density at radius 2 is 1.14 bits per heavy atom. The van der Waals surface area contributed by atoms with Gasteiger partial charge in [0.2, 0.25) is 0 Å². The molecule has 0 saturated heterocycles. The molecule has 0 fully saturated rings. The Kier molecular flexibility index (Phi) is 5.04. The van der Waals surface area contributed by atoms with Gasteiger partial charge in [-0.1, -0.05) is 0 Å². The number of rotatable bonds is 0. The molecule has 7 heavy (non-hydrogen) atoms. The number of carboxylic acid groups (broad SMARTS) is 2. The Bertz CT molecular complexity index is 75.7. The van der Waals surface area contributed by atoms with Crippen molar-refractivity contribution in [3.8, 4) is 0 Å². The van der Waals surface area contributed by atoms with Crippen LogP contribution < -0.4 is 10.2 Å².